The zero-order valence-electron chi connectivity index (χ0n) is 6.39. The predicted octanol–water partition coefficient (Wildman–Crippen LogP) is -1.66. The third kappa shape index (κ3) is 4.85. The van der Waals surface area contributed by atoms with E-state index in [9.17, 15) is 9.13 Å². The molecule has 80 valence electrons. The molecular weight excluding hydrogens is 224 g/mol. The van der Waals surface area contributed by atoms with Crippen molar-refractivity contribution in [3.8, 4) is 0 Å². The topological polar surface area (TPSA) is 161 Å². The monoisotopic (exact) mass is 235 g/mol. The second-order valence-electron chi connectivity index (χ2n) is 2.46. The quantitative estimate of drug-likeness (QED) is 0.315. The molecule has 0 spiro atoms. The van der Waals surface area contributed by atoms with Crippen molar-refractivity contribution in [1.82, 2.24) is 0 Å². The average Bonchev–Trinajstić information content (AvgIpc) is 1.82. The number of aliphatic hydroxyl groups is 1. The lowest BCUT2D eigenvalue weighted by atomic mass is 10.4. The van der Waals surface area contributed by atoms with Crippen molar-refractivity contribution in [2.45, 2.75) is 18.0 Å². The van der Waals surface area contributed by atoms with Crippen molar-refractivity contribution >= 4 is 15.2 Å². The van der Waals surface area contributed by atoms with Crippen molar-refractivity contribution in [1.29, 1.82) is 0 Å². The first-order valence-corrected chi connectivity index (χ1v) is 6.45. The van der Waals surface area contributed by atoms with Crippen LogP contribution < -0.4 is 5.73 Å². The Balaban J connectivity index is 4.32. The lowest BCUT2D eigenvalue weighted by Crippen LogP contribution is -2.26. The molecule has 2 atom stereocenters. The maximum absolute atomic E-state index is 10.4. The smallest absolute Gasteiger partial charge is 0.353 e. The van der Waals surface area contributed by atoms with Crippen molar-refractivity contribution in [3.63, 3.8) is 0 Å². The van der Waals surface area contributed by atoms with Gasteiger partial charge in [0.25, 0.3) is 0 Å². The molecule has 0 heterocycles. The molecule has 0 amide bonds. The molecule has 0 saturated heterocycles. The summed E-state index contributed by atoms with van der Waals surface area (Å²) >= 11 is 0. The van der Waals surface area contributed by atoms with Gasteiger partial charge in [-0.15, -0.1) is 0 Å². The molecule has 8 nitrogen and oxygen atoms in total. The third-order valence-corrected chi connectivity index (χ3v) is 3.33. The highest BCUT2D eigenvalue weighted by Gasteiger charge is 2.34. The minimum absolute atomic E-state index is 0.853. The van der Waals surface area contributed by atoms with Crippen LogP contribution in [0.15, 0.2) is 0 Å². The number of hydrogen-bond acceptors (Lipinski definition) is 4. The first-order valence-electron chi connectivity index (χ1n) is 3.09. The zero-order valence-corrected chi connectivity index (χ0v) is 8.18. The summed E-state index contributed by atoms with van der Waals surface area (Å²) in [6.07, 6.45) is -0.853. The van der Waals surface area contributed by atoms with Crippen LogP contribution in [-0.2, 0) is 9.13 Å². The summed E-state index contributed by atoms with van der Waals surface area (Å²) in [5, 5.41) is 8.73. The van der Waals surface area contributed by atoms with Gasteiger partial charge in [-0.05, 0) is 0 Å². The van der Waals surface area contributed by atoms with Gasteiger partial charge in [-0.2, -0.15) is 0 Å². The van der Waals surface area contributed by atoms with Crippen molar-refractivity contribution in [3.05, 3.63) is 0 Å². The van der Waals surface area contributed by atoms with Crippen LogP contribution in [0.3, 0.4) is 0 Å². The van der Waals surface area contributed by atoms with Crippen LogP contribution in [0.5, 0.6) is 0 Å². The number of rotatable bonds is 4. The normalized spacial score (nSPS) is 18.3. The molecule has 13 heavy (non-hydrogen) atoms. The fourth-order valence-electron chi connectivity index (χ4n) is 0.491. The molecule has 0 bridgehead atoms. The van der Waals surface area contributed by atoms with E-state index >= 15 is 0 Å². The Hall–Kier alpha value is 0.220. The van der Waals surface area contributed by atoms with Gasteiger partial charge in [0.2, 0.25) is 0 Å². The standard InChI is InChI=1S/C3H11NO7P2/c4-2(12(6,7)8)1-3(5)13(9,10)11/h2-3,5H,1,4H2,(H2,6,7,8)(H2,9,10,11)/t2-,3-/m1/s1. The molecule has 7 N–H and O–H groups in total. The van der Waals surface area contributed by atoms with E-state index in [-0.39, 0.29) is 0 Å². The number of nitrogens with two attached hydrogens (primary N) is 1. The number of hydrogen-bond donors (Lipinski definition) is 6. The molecule has 0 saturated carbocycles. The molecule has 10 heteroatoms. The third-order valence-electron chi connectivity index (χ3n) is 1.27. The average molecular weight is 235 g/mol. The van der Waals surface area contributed by atoms with Crippen LogP contribution in [0.2, 0.25) is 0 Å². The Labute approximate surface area is 73.7 Å². The van der Waals surface area contributed by atoms with Crippen LogP contribution in [0, 0.1) is 0 Å². The van der Waals surface area contributed by atoms with Gasteiger partial charge < -0.3 is 30.4 Å². The highest BCUT2D eigenvalue weighted by atomic mass is 31.2. The fraction of sp³-hybridized carbons (Fsp3) is 1.00. The highest BCUT2D eigenvalue weighted by Crippen LogP contribution is 2.47. The summed E-state index contributed by atoms with van der Waals surface area (Å²) in [6.45, 7) is 0. The molecule has 0 aromatic heterocycles. The van der Waals surface area contributed by atoms with E-state index in [2.05, 4.69) is 0 Å². The van der Waals surface area contributed by atoms with Gasteiger partial charge in [0.15, 0.2) is 5.85 Å². The SMILES string of the molecule is N[C@@H](C[C@H](O)P(=O)(O)O)P(=O)(O)O. The first-order chi connectivity index (χ1) is 5.55. The number of aliphatic hydroxyl groups excluding tert-OH is 1. The molecule has 0 aliphatic rings. The summed E-state index contributed by atoms with van der Waals surface area (Å²) < 4.78 is 20.7. The molecule has 0 radical (unpaired) electrons. The Morgan fingerprint density at radius 3 is 1.69 bits per heavy atom. The van der Waals surface area contributed by atoms with Crippen LogP contribution in [0.1, 0.15) is 6.42 Å². The largest absolute Gasteiger partial charge is 0.380 e. The summed E-state index contributed by atoms with van der Waals surface area (Å²) in [5.74, 6) is -3.91. The van der Waals surface area contributed by atoms with Crippen molar-refractivity contribution in [2.75, 3.05) is 0 Å². The van der Waals surface area contributed by atoms with Gasteiger partial charge in [-0.1, -0.05) is 0 Å². The molecule has 0 aromatic carbocycles. The van der Waals surface area contributed by atoms with E-state index in [0.29, 0.717) is 0 Å². The molecule has 0 aromatic rings. The molecule has 0 aliphatic carbocycles. The van der Waals surface area contributed by atoms with Crippen LogP contribution in [0.4, 0.5) is 0 Å². The summed E-state index contributed by atoms with van der Waals surface area (Å²) in [7, 11) is -9.35. The van der Waals surface area contributed by atoms with E-state index in [1.807, 2.05) is 0 Å². The Bertz CT molecular complexity index is 228. The summed E-state index contributed by atoms with van der Waals surface area (Å²) in [4.78, 5) is 33.6. The van der Waals surface area contributed by atoms with Crippen LogP contribution in [0.25, 0.3) is 0 Å². The molecule has 0 unspecified atom stereocenters. The Morgan fingerprint density at radius 2 is 1.46 bits per heavy atom. The van der Waals surface area contributed by atoms with Crippen LogP contribution in [-0.4, -0.2) is 36.3 Å². The zero-order chi connectivity index (χ0) is 10.9. The summed E-state index contributed by atoms with van der Waals surface area (Å²) in [5.41, 5.74) is 4.88. The molecule has 0 fully saturated rings. The van der Waals surface area contributed by atoms with Gasteiger partial charge in [0, 0.05) is 6.42 Å². The first kappa shape index (κ1) is 13.2. The second-order valence-corrected chi connectivity index (χ2v) is 6.08. The van der Waals surface area contributed by atoms with Gasteiger partial charge in [-0.3, -0.25) is 9.13 Å². The van der Waals surface area contributed by atoms with Gasteiger partial charge >= 0.3 is 15.2 Å². The highest BCUT2D eigenvalue weighted by molar-refractivity contribution is 7.53. The Kier molecular flexibility index (Phi) is 4.23. The van der Waals surface area contributed by atoms with E-state index in [1.165, 1.54) is 0 Å². The minimum atomic E-state index is -4.75. The van der Waals surface area contributed by atoms with Crippen LogP contribution >= 0.6 is 15.2 Å². The van der Waals surface area contributed by atoms with Crippen molar-refractivity contribution < 1.29 is 33.8 Å². The van der Waals surface area contributed by atoms with Gasteiger partial charge in [-0.25, -0.2) is 0 Å². The van der Waals surface area contributed by atoms with Crippen molar-refractivity contribution in [2.24, 2.45) is 5.73 Å². The lowest BCUT2D eigenvalue weighted by molar-refractivity contribution is 0.189. The second kappa shape index (κ2) is 4.16. The fourth-order valence-corrected chi connectivity index (χ4v) is 1.63. The van der Waals surface area contributed by atoms with E-state index in [1.54, 1.807) is 0 Å². The summed E-state index contributed by atoms with van der Waals surface area (Å²) in [6, 6.07) is 0. The van der Waals surface area contributed by atoms with E-state index in [4.69, 9.17) is 30.4 Å². The maximum Gasteiger partial charge on any atom is 0.353 e. The van der Waals surface area contributed by atoms with Gasteiger partial charge in [0.05, 0.1) is 0 Å². The molecular formula is C3H11NO7P2. The Morgan fingerprint density at radius 1 is 1.08 bits per heavy atom. The molecule has 0 rings (SSSR count). The lowest BCUT2D eigenvalue weighted by Gasteiger charge is -2.17. The molecule has 0 aliphatic heterocycles. The van der Waals surface area contributed by atoms with E-state index in [0.717, 1.165) is 0 Å². The maximum atomic E-state index is 10.4. The predicted molar refractivity (Wildman–Crippen MR) is 42.7 cm³/mol. The van der Waals surface area contributed by atoms with E-state index < -0.39 is 33.2 Å². The minimum Gasteiger partial charge on any atom is -0.380 e. The van der Waals surface area contributed by atoms with Gasteiger partial charge in [0.1, 0.15) is 5.78 Å².